The topological polar surface area (TPSA) is 48.4 Å². The number of fused-ring (bicyclic) bond motifs is 1. The molecule has 0 bridgehead atoms. The van der Waals surface area contributed by atoms with Crippen LogP contribution in [0.5, 0.6) is 5.75 Å². The van der Waals surface area contributed by atoms with Gasteiger partial charge in [-0.15, -0.1) is 0 Å². The van der Waals surface area contributed by atoms with Crippen molar-refractivity contribution in [3.05, 3.63) is 64.8 Å². The zero-order chi connectivity index (χ0) is 19.0. The third kappa shape index (κ3) is 3.37. The second-order valence-corrected chi connectivity index (χ2v) is 7.74. The number of halogens is 2. The molecule has 0 atom stereocenters. The number of hydrogen-bond acceptors (Lipinski definition) is 5. The Labute approximate surface area is 169 Å². The lowest BCUT2D eigenvalue weighted by atomic mass is 10.1. The average molecular weight is 446 g/mol. The number of aromatic nitrogens is 1. The van der Waals surface area contributed by atoms with Crippen LogP contribution >= 0.6 is 28.1 Å². The van der Waals surface area contributed by atoms with E-state index in [4.69, 9.17) is 0 Å². The van der Waals surface area contributed by atoms with Gasteiger partial charge in [0.1, 0.15) is 11.6 Å². The van der Waals surface area contributed by atoms with Gasteiger partial charge in [0.25, 0.3) is 0 Å². The molecule has 138 valence electrons. The summed E-state index contributed by atoms with van der Waals surface area (Å²) in [5.41, 5.74) is 4.60. The predicted octanol–water partition coefficient (Wildman–Crippen LogP) is 5.77. The highest BCUT2D eigenvalue weighted by Gasteiger charge is 2.23. The fraction of sp³-hybridized carbons (Fsp3) is 0.150. The Bertz CT molecular complexity index is 989. The van der Waals surface area contributed by atoms with Crippen LogP contribution in [0.3, 0.4) is 0 Å². The zero-order valence-electron chi connectivity index (χ0n) is 14.4. The van der Waals surface area contributed by atoms with Gasteiger partial charge in [-0.2, -0.15) is 3.89 Å². The third-order valence-electron chi connectivity index (χ3n) is 4.66. The molecular weight excluding hydrogens is 429 g/mol. The normalized spacial score (nSPS) is 15.3. The molecule has 1 aliphatic carbocycles. The van der Waals surface area contributed by atoms with E-state index in [0.717, 1.165) is 46.9 Å². The monoisotopic (exact) mass is 445 g/mol. The van der Waals surface area contributed by atoms with Crippen molar-refractivity contribution in [3.63, 3.8) is 0 Å². The van der Waals surface area contributed by atoms with Gasteiger partial charge in [-0.25, -0.2) is 4.98 Å². The second kappa shape index (κ2) is 7.40. The van der Waals surface area contributed by atoms with E-state index in [1.165, 1.54) is 0 Å². The summed E-state index contributed by atoms with van der Waals surface area (Å²) in [5, 5.41) is 13.3. The van der Waals surface area contributed by atoms with Crippen molar-refractivity contribution in [1.82, 2.24) is 4.98 Å². The van der Waals surface area contributed by atoms with E-state index in [1.54, 1.807) is 12.1 Å². The van der Waals surface area contributed by atoms with Crippen LogP contribution in [-0.2, 0) is 0 Å². The smallest absolute Gasteiger partial charge is 0.150 e. The molecule has 0 amide bonds. The van der Waals surface area contributed by atoms with Crippen molar-refractivity contribution < 1.29 is 8.99 Å². The second-order valence-electron chi connectivity index (χ2n) is 6.30. The molecule has 0 unspecified atom stereocenters. The van der Waals surface area contributed by atoms with E-state index >= 15 is 0 Å². The molecule has 1 aliphatic heterocycles. The van der Waals surface area contributed by atoms with Crippen molar-refractivity contribution in [2.45, 2.75) is 11.3 Å². The molecule has 4 rings (SSSR count). The standard InChI is InChI=1S/C20H17BrFN3OS/c1-12(14-8-16(21)19(26)18(10-14)27-22)25-7-6-23-20-17(25)9-15(11-24-20)13-4-2-3-5-13/h2,4-5,8-11,26H,1,3,6-7H2,(H,23,24). The molecule has 0 spiro atoms. The van der Waals surface area contributed by atoms with Crippen molar-refractivity contribution in [1.29, 1.82) is 0 Å². The maximum absolute atomic E-state index is 13.2. The molecule has 1 aromatic carbocycles. The summed E-state index contributed by atoms with van der Waals surface area (Å²) in [6, 6.07) is 5.45. The number of aromatic hydroxyl groups is 1. The molecule has 0 saturated carbocycles. The lowest BCUT2D eigenvalue weighted by Crippen LogP contribution is -2.33. The first-order valence-electron chi connectivity index (χ1n) is 8.47. The number of benzene rings is 1. The van der Waals surface area contributed by atoms with Crippen LogP contribution < -0.4 is 10.2 Å². The molecule has 2 aromatic rings. The van der Waals surface area contributed by atoms with Gasteiger partial charge in [-0.05, 0) is 46.1 Å². The number of nitrogens with one attached hydrogen (secondary N) is 1. The van der Waals surface area contributed by atoms with Crippen LogP contribution in [0, 0.1) is 0 Å². The summed E-state index contributed by atoms with van der Waals surface area (Å²) in [7, 11) is 0. The van der Waals surface area contributed by atoms with Crippen LogP contribution in [0.2, 0.25) is 0 Å². The summed E-state index contributed by atoms with van der Waals surface area (Å²) in [4.78, 5) is 6.81. The third-order valence-corrected chi connectivity index (χ3v) is 5.74. The fourth-order valence-electron chi connectivity index (χ4n) is 3.27. The average Bonchev–Trinajstić information content (AvgIpc) is 3.23. The summed E-state index contributed by atoms with van der Waals surface area (Å²) >= 11 is 3.30. The van der Waals surface area contributed by atoms with Crippen molar-refractivity contribution >= 4 is 50.9 Å². The van der Waals surface area contributed by atoms with E-state index < -0.39 is 0 Å². The SMILES string of the molecule is C=C(c1cc(Br)c(O)c(SF)c1)N1CCNc2ncc(C3=CCC=C3)cc21. The number of rotatable bonds is 4. The highest BCUT2D eigenvalue weighted by molar-refractivity contribution is 9.10. The predicted molar refractivity (Wildman–Crippen MR) is 114 cm³/mol. The Morgan fingerprint density at radius 1 is 1.37 bits per heavy atom. The minimum atomic E-state index is -0.108. The summed E-state index contributed by atoms with van der Waals surface area (Å²) in [6.07, 6.45) is 9.19. The van der Waals surface area contributed by atoms with Gasteiger partial charge in [0.15, 0.2) is 0 Å². The van der Waals surface area contributed by atoms with Crippen LogP contribution in [0.15, 0.2) is 58.6 Å². The molecule has 27 heavy (non-hydrogen) atoms. The van der Waals surface area contributed by atoms with Gasteiger partial charge in [0.05, 0.1) is 27.2 Å². The molecule has 0 radical (unpaired) electrons. The summed E-state index contributed by atoms with van der Waals surface area (Å²) in [5.74, 6) is 0.690. The van der Waals surface area contributed by atoms with Crippen molar-refractivity contribution in [2.75, 3.05) is 23.3 Å². The first-order chi connectivity index (χ1) is 13.1. The Kier molecular flexibility index (Phi) is 4.97. The zero-order valence-corrected chi connectivity index (χ0v) is 16.8. The molecule has 1 aromatic heterocycles. The van der Waals surface area contributed by atoms with Gasteiger partial charge in [-0.1, -0.05) is 24.8 Å². The van der Waals surface area contributed by atoms with Crippen LogP contribution in [0.4, 0.5) is 15.4 Å². The number of anilines is 2. The summed E-state index contributed by atoms with van der Waals surface area (Å²) in [6.45, 7) is 5.67. The van der Waals surface area contributed by atoms with Gasteiger partial charge in [0.2, 0.25) is 0 Å². The van der Waals surface area contributed by atoms with Gasteiger partial charge >= 0.3 is 0 Å². The molecule has 7 heteroatoms. The van der Waals surface area contributed by atoms with E-state index in [9.17, 15) is 8.99 Å². The van der Waals surface area contributed by atoms with Crippen LogP contribution in [0.1, 0.15) is 17.5 Å². The number of allylic oxidation sites excluding steroid dienone is 4. The Morgan fingerprint density at radius 3 is 2.96 bits per heavy atom. The largest absolute Gasteiger partial charge is 0.505 e. The fourth-order valence-corrected chi connectivity index (χ4v) is 4.21. The van der Waals surface area contributed by atoms with Crippen LogP contribution in [0.25, 0.3) is 11.3 Å². The number of hydrogen-bond donors (Lipinski definition) is 2. The Hall–Kier alpha value is -2.25. The maximum Gasteiger partial charge on any atom is 0.150 e. The molecule has 2 aliphatic rings. The van der Waals surface area contributed by atoms with E-state index in [1.807, 2.05) is 6.20 Å². The number of phenolic OH excluding ortho intramolecular Hbond substituents is 1. The van der Waals surface area contributed by atoms with E-state index in [2.05, 4.69) is 62.0 Å². The van der Waals surface area contributed by atoms with E-state index in [0.29, 0.717) is 11.0 Å². The quantitative estimate of drug-likeness (QED) is 0.624. The van der Waals surface area contributed by atoms with Crippen molar-refractivity contribution in [2.24, 2.45) is 0 Å². The lowest BCUT2D eigenvalue weighted by molar-refractivity contribution is 0.458. The van der Waals surface area contributed by atoms with Gasteiger partial charge < -0.3 is 15.3 Å². The first-order valence-corrected chi connectivity index (χ1v) is 9.98. The Balaban J connectivity index is 1.74. The Morgan fingerprint density at radius 2 is 2.22 bits per heavy atom. The lowest BCUT2D eigenvalue weighted by Gasteiger charge is -2.33. The molecule has 2 N–H and O–H groups in total. The molecule has 2 heterocycles. The van der Waals surface area contributed by atoms with Gasteiger partial charge in [-0.3, -0.25) is 0 Å². The highest BCUT2D eigenvalue weighted by atomic mass is 79.9. The number of nitrogens with zero attached hydrogens (tertiary/aromatic N) is 2. The van der Waals surface area contributed by atoms with Gasteiger partial charge in [0, 0.05) is 36.1 Å². The molecule has 0 saturated heterocycles. The van der Waals surface area contributed by atoms with Crippen molar-refractivity contribution in [3.8, 4) is 5.75 Å². The minimum absolute atomic E-state index is 0.0133. The molecule has 0 fully saturated rings. The first kappa shape index (κ1) is 18.1. The maximum atomic E-state index is 13.2. The molecular formula is C20H17BrFN3OS. The molecule has 4 nitrogen and oxygen atoms in total. The van der Waals surface area contributed by atoms with E-state index in [-0.39, 0.29) is 22.8 Å². The number of pyridine rings is 1. The minimum Gasteiger partial charge on any atom is -0.505 e. The number of phenols is 1. The summed E-state index contributed by atoms with van der Waals surface area (Å²) < 4.78 is 13.6. The van der Waals surface area contributed by atoms with Crippen LogP contribution in [-0.4, -0.2) is 23.2 Å². The highest BCUT2D eigenvalue weighted by Crippen LogP contribution is 2.41.